The van der Waals surface area contributed by atoms with Crippen molar-refractivity contribution in [2.45, 2.75) is 33.5 Å². The average molecular weight is 242 g/mol. The molecule has 1 aromatic carbocycles. The van der Waals surface area contributed by atoms with Gasteiger partial charge >= 0.3 is 0 Å². The molecule has 1 aliphatic rings. The van der Waals surface area contributed by atoms with Crippen molar-refractivity contribution in [3.05, 3.63) is 47.0 Å². The molecule has 1 aromatic heterocycles. The fourth-order valence-electron chi connectivity index (χ4n) is 2.52. The first-order valence-corrected chi connectivity index (χ1v) is 6.39. The van der Waals surface area contributed by atoms with E-state index < -0.39 is 0 Å². The molecule has 1 aliphatic heterocycles. The van der Waals surface area contributed by atoms with Crippen LogP contribution in [0.2, 0.25) is 0 Å². The molecule has 18 heavy (non-hydrogen) atoms. The monoisotopic (exact) mass is 242 g/mol. The third-order valence-electron chi connectivity index (χ3n) is 3.67. The minimum Gasteiger partial charge on any atom is -0.313 e. The van der Waals surface area contributed by atoms with Crippen molar-refractivity contribution < 1.29 is 0 Å². The Morgan fingerprint density at radius 3 is 2.78 bits per heavy atom. The molecule has 2 heterocycles. The van der Waals surface area contributed by atoms with Gasteiger partial charge in [0.2, 0.25) is 0 Å². The fraction of sp³-hybridized carbons (Fsp3) is 0.429. The average Bonchev–Trinajstić information content (AvgIpc) is 2.74. The summed E-state index contributed by atoms with van der Waals surface area (Å²) in [5.74, 6) is 2.12. The first-order valence-electron chi connectivity index (χ1n) is 6.39. The molecule has 94 valence electrons. The maximum absolute atomic E-state index is 4.24. The summed E-state index contributed by atoms with van der Waals surface area (Å²) in [5, 5.41) is 8.39. The third kappa shape index (κ3) is 2.04. The minimum atomic E-state index is 0.898. The molecule has 0 saturated carbocycles. The van der Waals surface area contributed by atoms with E-state index in [0.717, 1.165) is 37.8 Å². The van der Waals surface area contributed by atoms with E-state index in [1.807, 2.05) is 6.92 Å². The predicted octanol–water partition coefficient (Wildman–Crippen LogP) is 1.91. The first kappa shape index (κ1) is 11.4. The number of rotatable bonds is 2. The molecule has 0 fully saturated rings. The molecule has 0 spiro atoms. The van der Waals surface area contributed by atoms with E-state index in [9.17, 15) is 0 Å². The summed E-state index contributed by atoms with van der Waals surface area (Å²) >= 11 is 0. The van der Waals surface area contributed by atoms with E-state index in [-0.39, 0.29) is 0 Å². The quantitative estimate of drug-likeness (QED) is 0.806. The van der Waals surface area contributed by atoms with Gasteiger partial charge in [0.1, 0.15) is 11.6 Å². The second-order valence-electron chi connectivity index (χ2n) is 4.95. The van der Waals surface area contributed by atoms with Gasteiger partial charge in [-0.1, -0.05) is 24.3 Å². The second kappa shape index (κ2) is 4.53. The Balaban J connectivity index is 1.75. The summed E-state index contributed by atoms with van der Waals surface area (Å²) in [6.07, 6.45) is 0. The molecule has 0 aliphatic carbocycles. The highest BCUT2D eigenvalue weighted by Gasteiger charge is 2.19. The van der Waals surface area contributed by atoms with Crippen LogP contribution in [0.5, 0.6) is 0 Å². The molecule has 0 bridgehead atoms. The summed E-state index contributed by atoms with van der Waals surface area (Å²) < 4.78 is 2.22. The van der Waals surface area contributed by atoms with Gasteiger partial charge in [0.15, 0.2) is 0 Å². The normalized spacial score (nSPS) is 15.7. The van der Waals surface area contributed by atoms with Gasteiger partial charge in [-0.05, 0) is 25.0 Å². The zero-order chi connectivity index (χ0) is 12.5. The molecule has 2 aromatic rings. The molecule has 0 radical (unpaired) electrons. The van der Waals surface area contributed by atoms with E-state index in [1.165, 1.54) is 11.1 Å². The summed E-state index contributed by atoms with van der Waals surface area (Å²) in [7, 11) is 0. The van der Waals surface area contributed by atoms with Gasteiger partial charge in [-0.15, -0.1) is 10.2 Å². The Hall–Kier alpha value is -1.68. The van der Waals surface area contributed by atoms with Crippen molar-refractivity contribution in [2.24, 2.45) is 0 Å². The number of fused-ring (bicyclic) bond motifs is 1. The van der Waals surface area contributed by atoms with E-state index in [2.05, 4.69) is 50.9 Å². The highest BCUT2D eigenvalue weighted by atomic mass is 15.3. The Kier molecular flexibility index (Phi) is 2.88. The van der Waals surface area contributed by atoms with Crippen molar-refractivity contribution in [3.63, 3.8) is 0 Å². The lowest BCUT2D eigenvalue weighted by Crippen LogP contribution is -2.33. The van der Waals surface area contributed by atoms with Crippen LogP contribution in [-0.2, 0) is 19.6 Å². The van der Waals surface area contributed by atoms with Gasteiger partial charge in [-0.25, -0.2) is 0 Å². The van der Waals surface area contributed by atoms with Crippen LogP contribution in [0.3, 0.4) is 0 Å². The maximum Gasteiger partial charge on any atom is 0.147 e. The van der Waals surface area contributed by atoms with Crippen LogP contribution in [0, 0.1) is 13.8 Å². The number of hydrogen-bond acceptors (Lipinski definition) is 3. The Bertz CT molecular complexity index is 559. The van der Waals surface area contributed by atoms with Crippen LogP contribution in [-0.4, -0.2) is 26.2 Å². The standard InChI is InChI=1S/C14H18N4/c1-11-5-3-4-6-13(11)9-17-7-8-18-12(2)15-16-14(18)10-17/h3-6H,7-10H2,1-2H3. The Morgan fingerprint density at radius 1 is 1.11 bits per heavy atom. The van der Waals surface area contributed by atoms with E-state index in [4.69, 9.17) is 0 Å². The number of benzene rings is 1. The van der Waals surface area contributed by atoms with Crippen molar-refractivity contribution >= 4 is 0 Å². The largest absolute Gasteiger partial charge is 0.313 e. The summed E-state index contributed by atoms with van der Waals surface area (Å²) in [5.41, 5.74) is 2.77. The lowest BCUT2D eigenvalue weighted by molar-refractivity contribution is 0.207. The Morgan fingerprint density at radius 2 is 1.94 bits per heavy atom. The zero-order valence-electron chi connectivity index (χ0n) is 10.9. The molecular formula is C14H18N4. The maximum atomic E-state index is 4.24. The van der Waals surface area contributed by atoms with Gasteiger partial charge < -0.3 is 4.57 Å². The third-order valence-corrected chi connectivity index (χ3v) is 3.67. The lowest BCUT2D eigenvalue weighted by Gasteiger charge is -2.27. The second-order valence-corrected chi connectivity index (χ2v) is 4.95. The topological polar surface area (TPSA) is 34.0 Å². The molecule has 3 rings (SSSR count). The predicted molar refractivity (Wildman–Crippen MR) is 70.1 cm³/mol. The highest BCUT2D eigenvalue weighted by molar-refractivity contribution is 5.25. The molecule has 0 amide bonds. The van der Waals surface area contributed by atoms with E-state index in [1.54, 1.807) is 0 Å². The zero-order valence-corrected chi connectivity index (χ0v) is 10.9. The van der Waals surface area contributed by atoms with Crippen LogP contribution in [0.1, 0.15) is 22.8 Å². The number of aryl methyl sites for hydroxylation is 2. The SMILES string of the molecule is Cc1ccccc1CN1CCn2c(C)nnc2C1. The smallest absolute Gasteiger partial charge is 0.147 e. The molecule has 4 nitrogen and oxygen atoms in total. The van der Waals surface area contributed by atoms with Gasteiger partial charge in [0.25, 0.3) is 0 Å². The summed E-state index contributed by atoms with van der Waals surface area (Å²) in [6.45, 7) is 8.16. The highest BCUT2D eigenvalue weighted by Crippen LogP contribution is 2.16. The van der Waals surface area contributed by atoms with Crippen LogP contribution in [0.15, 0.2) is 24.3 Å². The van der Waals surface area contributed by atoms with Crippen molar-refractivity contribution in [1.82, 2.24) is 19.7 Å². The first-order chi connectivity index (χ1) is 8.74. The van der Waals surface area contributed by atoms with Crippen LogP contribution >= 0.6 is 0 Å². The van der Waals surface area contributed by atoms with Gasteiger partial charge in [-0.3, -0.25) is 4.90 Å². The molecule has 0 atom stereocenters. The molecular weight excluding hydrogens is 224 g/mol. The van der Waals surface area contributed by atoms with Crippen LogP contribution in [0.25, 0.3) is 0 Å². The van der Waals surface area contributed by atoms with Crippen molar-refractivity contribution in [1.29, 1.82) is 0 Å². The fourth-order valence-corrected chi connectivity index (χ4v) is 2.52. The van der Waals surface area contributed by atoms with Gasteiger partial charge in [0.05, 0.1) is 6.54 Å². The Labute approximate surface area is 107 Å². The van der Waals surface area contributed by atoms with Crippen LogP contribution in [0.4, 0.5) is 0 Å². The number of hydrogen-bond donors (Lipinski definition) is 0. The van der Waals surface area contributed by atoms with Gasteiger partial charge in [0, 0.05) is 19.6 Å². The number of nitrogens with zero attached hydrogens (tertiary/aromatic N) is 4. The molecule has 4 heteroatoms. The van der Waals surface area contributed by atoms with Crippen LogP contribution < -0.4 is 0 Å². The number of aromatic nitrogens is 3. The summed E-state index contributed by atoms with van der Waals surface area (Å²) in [4.78, 5) is 2.44. The lowest BCUT2D eigenvalue weighted by atomic mass is 10.1. The molecule has 0 saturated heterocycles. The van der Waals surface area contributed by atoms with Crippen molar-refractivity contribution in [2.75, 3.05) is 6.54 Å². The van der Waals surface area contributed by atoms with Crippen molar-refractivity contribution in [3.8, 4) is 0 Å². The molecule has 0 N–H and O–H groups in total. The van der Waals surface area contributed by atoms with Gasteiger partial charge in [-0.2, -0.15) is 0 Å². The minimum absolute atomic E-state index is 0.898. The summed E-state index contributed by atoms with van der Waals surface area (Å²) in [6, 6.07) is 8.58. The molecule has 0 unspecified atom stereocenters. The van der Waals surface area contributed by atoms with E-state index in [0.29, 0.717) is 0 Å². The van der Waals surface area contributed by atoms with E-state index >= 15 is 0 Å².